The van der Waals surface area contributed by atoms with Gasteiger partial charge in [-0.1, -0.05) is 6.07 Å². The van der Waals surface area contributed by atoms with E-state index in [0.717, 1.165) is 104 Å². The van der Waals surface area contributed by atoms with Crippen molar-refractivity contribution in [2.45, 2.75) is 50.7 Å². The Bertz CT molecular complexity index is 941. The van der Waals surface area contributed by atoms with E-state index < -0.39 is 21.8 Å². The molecule has 4 rings (SSSR count). The van der Waals surface area contributed by atoms with Crippen LogP contribution in [0.1, 0.15) is 44.1 Å². The maximum atomic E-state index is 13.0. The second-order valence-electron chi connectivity index (χ2n) is 10.6. The number of piperazine rings is 1. The molecule has 0 amide bonds. The Morgan fingerprint density at radius 3 is 2.27 bits per heavy atom. The van der Waals surface area contributed by atoms with Crippen molar-refractivity contribution in [1.29, 1.82) is 0 Å². The van der Waals surface area contributed by atoms with Gasteiger partial charge >= 0.3 is 6.18 Å². The van der Waals surface area contributed by atoms with E-state index in [0.29, 0.717) is 18.0 Å². The van der Waals surface area contributed by atoms with E-state index in [4.69, 9.17) is 4.74 Å². The maximum Gasteiger partial charge on any atom is 0.416 e. The van der Waals surface area contributed by atoms with Gasteiger partial charge in [-0.2, -0.15) is 13.2 Å². The quantitative estimate of drug-likeness (QED) is 0.485. The second kappa shape index (κ2) is 13.1. The van der Waals surface area contributed by atoms with Gasteiger partial charge in [0.1, 0.15) is 0 Å². The van der Waals surface area contributed by atoms with E-state index in [1.807, 2.05) is 4.90 Å². The van der Waals surface area contributed by atoms with Gasteiger partial charge in [-0.3, -0.25) is 9.80 Å². The van der Waals surface area contributed by atoms with Gasteiger partial charge in [0.2, 0.25) is 10.0 Å². The van der Waals surface area contributed by atoms with Gasteiger partial charge in [0.05, 0.1) is 24.5 Å². The van der Waals surface area contributed by atoms with Crippen LogP contribution in [0.4, 0.5) is 18.9 Å². The Kier molecular flexibility index (Phi) is 10.1. The fraction of sp³-hybridized carbons (Fsp3) is 0.769. The van der Waals surface area contributed by atoms with Crippen molar-refractivity contribution in [2.24, 2.45) is 5.92 Å². The largest absolute Gasteiger partial charge is 0.416 e. The highest BCUT2D eigenvalue weighted by Gasteiger charge is 2.31. The SMILES string of the molecule is O=S(=O)(CCCN1CCOCC1)NC1CCC(CCN2CCN(c3cccc(C(F)(F)F)c3)CC2)CC1. The summed E-state index contributed by atoms with van der Waals surface area (Å²) in [7, 11) is -3.25. The topological polar surface area (TPSA) is 65.1 Å². The molecule has 7 nitrogen and oxygen atoms in total. The molecule has 2 saturated heterocycles. The van der Waals surface area contributed by atoms with E-state index >= 15 is 0 Å². The number of alkyl halides is 3. The lowest BCUT2D eigenvalue weighted by Gasteiger charge is -2.37. The zero-order valence-electron chi connectivity index (χ0n) is 21.6. The van der Waals surface area contributed by atoms with Gasteiger partial charge in [0, 0.05) is 51.0 Å². The van der Waals surface area contributed by atoms with E-state index in [1.54, 1.807) is 6.07 Å². The Morgan fingerprint density at radius 2 is 1.59 bits per heavy atom. The molecule has 37 heavy (non-hydrogen) atoms. The first kappa shape index (κ1) is 28.6. The summed E-state index contributed by atoms with van der Waals surface area (Å²) < 4.78 is 72.4. The fourth-order valence-corrected chi connectivity index (χ4v) is 7.03. The average Bonchev–Trinajstić information content (AvgIpc) is 2.88. The molecule has 0 unspecified atom stereocenters. The molecule has 3 aliphatic rings. The zero-order valence-corrected chi connectivity index (χ0v) is 22.4. The average molecular weight is 547 g/mol. The molecule has 0 bridgehead atoms. The van der Waals surface area contributed by atoms with Crippen LogP contribution in [0.3, 0.4) is 0 Å². The number of morpholine rings is 1. The summed E-state index contributed by atoms with van der Waals surface area (Å²) in [5.74, 6) is 0.778. The van der Waals surface area contributed by atoms with Gasteiger partial charge in [-0.25, -0.2) is 13.1 Å². The van der Waals surface area contributed by atoms with Crippen LogP contribution in [-0.4, -0.2) is 95.6 Å². The molecule has 3 fully saturated rings. The second-order valence-corrected chi connectivity index (χ2v) is 12.5. The number of nitrogens with one attached hydrogen (secondary N) is 1. The summed E-state index contributed by atoms with van der Waals surface area (Å²) in [5.41, 5.74) is 0.0367. The van der Waals surface area contributed by atoms with Crippen molar-refractivity contribution in [2.75, 3.05) is 76.2 Å². The molecule has 1 saturated carbocycles. The van der Waals surface area contributed by atoms with Gasteiger partial charge in [-0.05, 0) is 75.7 Å². The maximum absolute atomic E-state index is 13.0. The van der Waals surface area contributed by atoms with E-state index in [2.05, 4.69) is 14.5 Å². The zero-order chi connectivity index (χ0) is 26.3. The number of hydrogen-bond donors (Lipinski definition) is 1. The highest BCUT2D eigenvalue weighted by atomic mass is 32.2. The van der Waals surface area contributed by atoms with E-state index in [9.17, 15) is 21.6 Å². The molecule has 0 aromatic heterocycles. The van der Waals surface area contributed by atoms with Crippen molar-refractivity contribution >= 4 is 15.7 Å². The minimum atomic E-state index is -4.32. The van der Waals surface area contributed by atoms with Crippen LogP contribution in [0.5, 0.6) is 0 Å². The van der Waals surface area contributed by atoms with Gasteiger partial charge in [-0.15, -0.1) is 0 Å². The molecule has 0 radical (unpaired) electrons. The van der Waals surface area contributed by atoms with Crippen molar-refractivity contribution < 1.29 is 26.3 Å². The number of rotatable bonds is 10. The summed E-state index contributed by atoms with van der Waals surface area (Å²) >= 11 is 0. The molecule has 1 aromatic carbocycles. The number of nitrogens with zero attached hydrogens (tertiary/aromatic N) is 3. The van der Waals surface area contributed by atoms with Crippen molar-refractivity contribution in [3.8, 4) is 0 Å². The molecular formula is C26H41F3N4O3S. The molecule has 1 N–H and O–H groups in total. The van der Waals surface area contributed by atoms with Crippen LogP contribution in [0.15, 0.2) is 24.3 Å². The monoisotopic (exact) mass is 546 g/mol. The minimum Gasteiger partial charge on any atom is -0.379 e. The van der Waals surface area contributed by atoms with Crippen LogP contribution >= 0.6 is 0 Å². The number of halogens is 3. The Morgan fingerprint density at radius 1 is 0.919 bits per heavy atom. The fourth-order valence-electron chi connectivity index (χ4n) is 5.66. The molecule has 11 heteroatoms. The predicted molar refractivity (Wildman–Crippen MR) is 139 cm³/mol. The van der Waals surface area contributed by atoms with Crippen LogP contribution in [0, 0.1) is 5.92 Å². The van der Waals surface area contributed by atoms with Crippen molar-refractivity contribution in [3.05, 3.63) is 29.8 Å². The normalized spacial score (nSPS) is 24.9. The first-order valence-corrected chi connectivity index (χ1v) is 15.3. The molecule has 2 aliphatic heterocycles. The summed E-state index contributed by atoms with van der Waals surface area (Å²) in [4.78, 5) is 6.69. The molecule has 1 aliphatic carbocycles. The predicted octanol–water partition coefficient (Wildman–Crippen LogP) is 3.42. The summed E-state index contributed by atoms with van der Waals surface area (Å²) in [6.45, 7) is 8.12. The Labute approximate surface area is 219 Å². The van der Waals surface area contributed by atoms with Gasteiger partial charge in [0.15, 0.2) is 0 Å². The summed E-state index contributed by atoms with van der Waals surface area (Å²) in [5, 5.41) is 0. The lowest BCUT2D eigenvalue weighted by Crippen LogP contribution is -2.47. The van der Waals surface area contributed by atoms with E-state index in [1.165, 1.54) is 12.1 Å². The number of benzene rings is 1. The first-order chi connectivity index (χ1) is 17.7. The number of anilines is 1. The number of ether oxygens (including phenoxy) is 1. The molecule has 210 valence electrons. The van der Waals surface area contributed by atoms with Crippen LogP contribution in [0.25, 0.3) is 0 Å². The number of hydrogen-bond acceptors (Lipinski definition) is 6. The molecule has 0 atom stereocenters. The molecule has 1 aromatic rings. The first-order valence-electron chi connectivity index (χ1n) is 13.6. The highest BCUT2D eigenvalue weighted by Crippen LogP contribution is 2.32. The molecule has 0 spiro atoms. The minimum absolute atomic E-state index is 0.0423. The molecule has 2 heterocycles. The van der Waals surface area contributed by atoms with Crippen LogP contribution < -0.4 is 9.62 Å². The smallest absolute Gasteiger partial charge is 0.379 e. The standard InChI is InChI=1S/C26H41F3N4O3S/c27-26(28,29)23-3-1-4-25(21-23)33-14-12-32(13-15-33)11-9-22-5-7-24(8-6-22)30-37(34,35)20-2-10-31-16-18-36-19-17-31/h1,3-4,21-22,24,30H,2,5-20H2. The van der Waals surface area contributed by atoms with Crippen molar-refractivity contribution in [3.63, 3.8) is 0 Å². The van der Waals surface area contributed by atoms with Crippen LogP contribution in [-0.2, 0) is 20.9 Å². The highest BCUT2D eigenvalue weighted by molar-refractivity contribution is 7.89. The summed E-state index contributed by atoms with van der Waals surface area (Å²) in [6.07, 6.45) is 1.25. The third-order valence-electron chi connectivity index (χ3n) is 7.95. The summed E-state index contributed by atoms with van der Waals surface area (Å²) in [6, 6.07) is 5.63. The Hall–Kier alpha value is -1.40. The third kappa shape index (κ3) is 9.09. The molecular weight excluding hydrogens is 505 g/mol. The van der Waals surface area contributed by atoms with Gasteiger partial charge < -0.3 is 9.64 Å². The van der Waals surface area contributed by atoms with Gasteiger partial charge in [0.25, 0.3) is 0 Å². The van der Waals surface area contributed by atoms with Crippen LogP contribution in [0.2, 0.25) is 0 Å². The lowest BCUT2D eigenvalue weighted by atomic mass is 9.84. The third-order valence-corrected chi connectivity index (χ3v) is 9.47. The van der Waals surface area contributed by atoms with Crippen molar-refractivity contribution in [1.82, 2.24) is 14.5 Å². The Balaban J connectivity index is 1.10. The lowest BCUT2D eigenvalue weighted by molar-refractivity contribution is -0.137. The number of sulfonamides is 1. The van der Waals surface area contributed by atoms with E-state index in [-0.39, 0.29) is 11.8 Å².